The second-order valence-corrected chi connectivity index (χ2v) is 6.82. The fourth-order valence-electron chi connectivity index (χ4n) is 2.60. The van der Waals surface area contributed by atoms with E-state index in [9.17, 15) is 18.0 Å². The van der Waals surface area contributed by atoms with Crippen LogP contribution < -0.4 is 11.1 Å². The first-order valence-electron chi connectivity index (χ1n) is 8.70. The second-order valence-electron chi connectivity index (χ2n) is 6.44. The number of aromatic nitrogens is 4. The van der Waals surface area contributed by atoms with Crippen molar-refractivity contribution in [3.8, 4) is 0 Å². The van der Waals surface area contributed by atoms with Crippen LogP contribution in [0.15, 0.2) is 42.7 Å². The number of carbonyl (C=O) groups is 1. The van der Waals surface area contributed by atoms with Gasteiger partial charge in [-0.25, -0.2) is 9.97 Å². The number of hydrogen-bond donors (Lipinski definition) is 2. The summed E-state index contributed by atoms with van der Waals surface area (Å²) in [5.74, 6) is -0.547. The molecule has 0 aliphatic carbocycles. The molecule has 7 nitrogen and oxygen atoms in total. The van der Waals surface area contributed by atoms with Gasteiger partial charge in [0.05, 0.1) is 23.0 Å². The minimum atomic E-state index is -4.37. The molecule has 0 saturated heterocycles. The summed E-state index contributed by atoms with van der Waals surface area (Å²) in [4.78, 5) is 19.9. The van der Waals surface area contributed by atoms with E-state index in [1.54, 1.807) is 19.1 Å². The summed E-state index contributed by atoms with van der Waals surface area (Å²) in [5, 5.41) is 10.8. The first-order valence-corrected chi connectivity index (χ1v) is 9.08. The summed E-state index contributed by atoms with van der Waals surface area (Å²) in [7, 11) is 0. The monoisotopic (exact) mass is 436 g/mol. The van der Waals surface area contributed by atoms with Crippen molar-refractivity contribution in [1.82, 2.24) is 25.5 Å². The van der Waals surface area contributed by atoms with Gasteiger partial charge in [-0.15, -0.1) is 0 Å². The maximum atomic E-state index is 12.6. The Morgan fingerprint density at radius 3 is 2.43 bits per heavy atom. The number of alkyl halides is 3. The number of nitrogen functional groups attached to an aromatic ring is 1. The molecule has 3 N–H and O–H groups in total. The van der Waals surface area contributed by atoms with E-state index in [0.29, 0.717) is 23.4 Å². The molecule has 0 fully saturated rings. The molecule has 3 aromatic rings. The van der Waals surface area contributed by atoms with E-state index in [0.717, 1.165) is 18.5 Å². The van der Waals surface area contributed by atoms with Gasteiger partial charge >= 0.3 is 6.18 Å². The summed E-state index contributed by atoms with van der Waals surface area (Å²) in [6.07, 6.45) is -2.92. The minimum Gasteiger partial charge on any atom is -0.382 e. The van der Waals surface area contributed by atoms with E-state index >= 15 is 0 Å². The van der Waals surface area contributed by atoms with Crippen molar-refractivity contribution in [1.29, 1.82) is 0 Å². The van der Waals surface area contributed by atoms with E-state index in [-0.39, 0.29) is 16.5 Å². The van der Waals surface area contributed by atoms with Crippen molar-refractivity contribution in [2.75, 3.05) is 5.73 Å². The van der Waals surface area contributed by atoms with Gasteiger partial charge in [-0.3, -0.25) is 4.79 Å². The quantitative estimate of drug-likeness (QED) is 0.632. The highest BCUT2D eigenvalue weighted by atomic mass is 35.5. The molecule has 1 atom stereocenters. The van der Waals surface area contributed by atoms with Crippen LogP contribution in [0, 0.1) is 0 Å². The second kappa shape index (κ2) is 8.62. The molecule has 0 aliphatic rings. The van der Waals surface area contributed by atoms with Gasteiger partial charge in [0, 0.05) is 6.42 Å². The summed E-state index contributed by atoms with van der Waals surface area (Å²) in [5.41, 5.74) is 6.54. The number of halogens is 4. The highest BCUT2D eigenvalue weighted by Crippen LogP contribution is 2.29. The zero-order valence-corrected chi connectivity index (χ0v) is 16.4. The maximum Gasteiger partial charge on any atom is 0.416 e. The molecule has 2 aromatic heterocycles. The topological polar surface area (TPSA) is 107 Å². The molecule has 0 bridgehead atoms. The van der Waals surface area contributed by atoms with Crippen molar-refractivity contribution < 1.29 is 18.0 Å². The minimum absolute atomic E-state index is 0.00289. The van der Waals surface area contributed by atoms with Crippen LogP contribution >= 0.6 is 11.6 Å². The smallest absolute Gasteiger partial charge is 0.382 e. The Kier molecular flexibility index (Phi) is 6.16. The molecule has 2 heterocycles. The number of nitrogens with one attached hydrogen (secondary N) is 1. The molecule has 3 rings (SSSR count). The number of anilines is 1. The number of amides is 1. The van der Waals surface area contributed by atoms with Gasteiger partial charge in [-0.05, 0) is 36.8 Å². The molecule has 0 spiro atoms. The van der Waals surface area contributed by atoms with Crippen LogP contribution in [0.3, 0.4) is 0 Å². The molecule has 1 amide bonds. The lowest BCUT2D eigenvalue weighted by molar-refractivity contribution is -0.137. The summed E-state index contributed by atoms with van der Waals surface area (Å²) in [6.45, 7) is 1.70. The van der Waals surface area contributed by atoms with Crippen molar-refractivity contribution in [3.05, 3.63) is 76.0 Å². The van der Waals surface area contributed by atoms with Crippen LogP contribution in [0.1, 0.15) is 46.0 Å². The summed E-state index contributed by atoms with van der Waals surface area (Å²) >= 11 is 5.95. The molecule has 11 heteroatoms. The zero-order valence-electron chi connectivity index (χ0n) is 15.6. The third kappa shape index (κ3) is 5.01. The number of benzene rings is 1. The zero-order chi connectivity index (χ0) is 21.9. The SMILES string of the molecule is CC(NC(=O)c1ncnc(N)c1Cl)c1ccc(Cc2ccc(C(F)(F)F)cc2)nn1. The average Bonchev–Trinajstić information content (AvgIpc) is 2.70. The van der Waals surface area contributed by atoms with Crippen molar-refractivity contribution in [2.24, 2.45) is 0 Å². The predicted molar refractivity (Wildman–Crippen MR) is 104 cm³/mol. The number of hydrogen-bond acceptors (Lipinski definition) is 6. The van der Waals surface area contributed by atoms with Gasteiger partial charge in [0.25, 0.3) is 5.91 Å². The molecule has 30 heavy (non-hydrogen) atoms. The first kappa shape index (κ1) is 21.4. The molecule has 1 aromatic carbocycles. The van der Waals surface area contributed by atoms with E-state index < -0.39 is 23.7 Å². The Labute approximate surface area is 174 Å². The van der Waals surface area contributed by atoms with Gasteiger partial charge in [-0.2, -0.15) is 23.4 Å². The number of nitrogens with two attached hydrogens (primary N) is 1. The van der Waals surface area contributed by atoms with Crippen LogP contribution in [0.25, 0.3) is 0 Å². The fourth-order valence-corrected chi connectivity index (χ4v) is 2.78. The third-order valence-corrected chi connectivity index (χ3v) is 4.60. The molecule has 0 aliphatic heterocycles. The largest absolute Gasteiger partial charge is 0.416 e. The lowest BCUT2D eigenvalue weighted by atomic mass is 10.1. The van der Waals surface area contributed by atoms with E-state index in [1.807, 2.05) is 0 Å². The highest BCUT2D eigenvalue weighted by molar-refractivity contribution is 6.35. The Hall–Kier alpha value is -3.27. The summed E-state index contributed by atoms with van der Waals surface area (Å²) < 4.78 is 37.9. The Balaban J connectivity index is 1.65. The highest BCUT2D eigenvalue weighted by Gasteiger charge is 2.29. The molecule has 0 radical (unpaired) electrons. The standard InChI is InChI=1S/C19H16ClF3N6O/c1-10(27-18(30)16-15(20)17(24)26-9-25-16)14-7-6-13(28-29-14)8-11-2-4-12(5-3-11)19(21,22)23/h2-7,9-10H,8H2,1H3,(H,27,30)(H2,24,25,26). The molecular formula is C19H16ClF3N6O. The molecule has 156 valence electrons. The van der Waals surface area contributed by atoms with Crippen LogP contribution in [0.5, 0.6) is 0 Å². The molecule has 0 saturated carbocycles. The van der Waals surface area contributed by atoms with Crippen molar-refractivity contribution in [3.63, 3.8) is 0 Å². The first-order chi connectivity index (χ1) is 14.1. The average molecular weight is 437 g/mol. The fraction of sp³-hybridized carbons (Fsp3) is 0.211. The third-order valence-electron chi connectivity index (χ3n) is 4.23. The van der Waals surface area contributed by atoms with Crippen LogP contribution in [-0.2, 0) is 12.6 Å². The van der Waals surface area contributed by atoms with Crippen LogP contribution in [0.4, 0.5) is 19.0 Å². The molecular weight excluding hydrogens is 421 g/mol. The molecule has 1 unspecified atom stereocenters. The Bertz CT molecular complexity index is 1040. The number of carbonyl (C=O) groups excluding carboxylic acids is 1. The summed E-state index contributed by atoms with van der Waals surface area (Å²) in [6, 6.07) is 7.72. The van der Waals surface area contributed by atoms with Crippen molar-refractivity contribution in [2.45, 2.75) is 25.6 Å². The van der Waals surface area contributed by atoms with Gasteiger partial charge in [0.1, 0.15) is 17.2 Å². The Morgan fingerprint density at radius 2 is 1.83 bits per heavy atom. The predicted octanol–water partition coefficient (Wildman–Crippen LogP) is 3.60. The van der Waals surface area contributed by atoms with Gasteiger partial charge < -0.3 is 11.1 Å². The van der Waals surface area contributed by atoms with Crippen LogP contribution in [0.2, 0.25) is 5.02 Å². The van der Waals surface area contributed by atoms with Gasteiger partial charge in [0.15, 0.2) is 5.69 Å². The normalized spacial score (nSPS) is 12.4. The van der Waals surface area contributed by atoms with Crippen LogP contribution in [-0.4, -0.2) is 26.1 Å². The van der Waals surface area contributed by atoms with E-state index in [1.165, 1.54) is 12.1 Å². The van der Waals surface area contributed by atoms with Gasteiger partial charge in [-0.1, -0.05) is 23.7 Å². The lowest BCUT2D eigenvalue weighted by Crippen LogP contribution is -2.28. The van der Waals surface area contributed by atoms with E-state index in [2.05, 4.69) is 25.5 Å². The van der Waals surface area contributed by atoms with E-state index in [4.69, 9.17) is 17.3 Å². The van der Waals surface area contributed by atoms with Gasteiger partial charge in [0.2, 0.25) is 0 Å². The van der Waals surface area contributed by atoms with Crippen molar-refractivity contribution >= 4 is 23.3 Å². The maximum absolute atomic E-state index is 12.6. The Morgan fingerprint density at radius 1 is 1.13 bits per heavy atom. The number of nitrogens with zero attached hydrogens (tertiary/aromatic N) is 4. The number of rotatable bonds is 5. The lowest BCUT2D eigenvalue weighted by Gasteiger charge is -2.13.